The van der Waals surface area contributed by atoms with Crippen molar-refractivity contribution in [1.82, 2.24) is 14.8 Å². The van der Waals surface area contributed by atoms with E-state index >= 15 is 0 Å². The molecule has 0 atom stereocenters. The number of amidine groups is 1. The second kappa shape index (κ2) is 3.72. The van der Waals surface area contributed by atoms with Crippen LogP contribution in [0.25, 0.3) is 0 Å². The molecule has 0 spiro atoms. The van der Waals surface area contributed by atoms with E-state index in [2.05, 4.69) is 5.10 Å². The highest BCUT2D eigenvalue weighted by Crippen LogP contribution is 2.37. The van der Waals surface area contributed by atoms with Gasteiger partial charge in [0.25, 0.3) is 0 Å². The Morgan fingerprint density at radius 3 is 2.05 bits per heavy atom. The number of aromatic nitrogens is 2. The van der Waals surface area contributed by atoms with Crippen molar-refractivity contribution in [3.05, 3.63) is 22.2 Å². The summed E-state index contributed by atoms with van der Waals surface area (Å²) >= 11 is 0. The zero-order chi connectivity index (χ0) is 14.7. The van der Waals surface area contributed by atoms with E-state index in [0.717, 1.165) is 21.2 Å². The molecule has 1 aromatic rings. The highest BCUT2D eigenvalue weighted by atomic mass is 16.5. The maximum Gasteiger partial charge on any atom is 0.317 e. The average Bonchev–Trinajstić information content (AvgIpc) is 2.59. The van der Waals surface area contributed by atoms with Crippen LogP contribution in [0.15, 0.2) is 0 Å². The van der Waals surface area contributed by atoms with Crippen molar-refractivity contribution in [3.63, 3.8) is 0 Å². The quantitative estimate of drug-likeness (QED) is 0.618. The van der Waals surface area contributed by atoms with Gasteiger partial charge in [-0.05, 0) is 41.5 Å². The maximum absolute atomic E-state index is 12.6. The van der Waals surface area contributed by atoms with Gasteiger partial charge < -0.3 is 5.21 Å². The van der Waals surface area contributed by atoms with Crippen molar-refractivity contribution in [1.29, 1.82) is 0 Å². The summed E-state index contributed by atoms with van der Waals surface area (Å²) in [5.41, 5.74) is 0.896. The number of nitrogens with zero attached hydrogens (tertiary/aromatic N) is 4. The third kappa shape index (κ3) is 1.52. The van der Waals surface area contributed by atoms with Gasteiger partial charge in [0.2, 0.25) is 0 Å². The Bertz CT molecular complexity index is 569. The summed E-state index contributed by atoms with van der Waals surface area (Å²) in [6.07, 6.45) is 0. The van der Waals surface area contributed by atoms with Crippen LogP contribution < -0.4 is 0 Å². The SMILES string of the molecule is Cc1nn(C)c(C)c1C1=[N+]([O-])C(C)(C)C(C)(C)N1O. The minimum absolute atomic E-state index is 0.276. The molecule has 2 rings (SSSR count). The number of hydrogen-bond acceptors (Lipinski definition) is 4. The first-order chi connectivity index (χ1) is 8.53. The van der Waals surface area contributed by atoms with Crippen molar-refractivity contribution >= 4 is 5.84 Å². The molecule has 1 N–H and O–H groups in total. The molecule has 0 bridgehead atoms. The molecule has 0 aromatic carbocycles. The fourth-order valence-corrected chi connectivity index (χ4v) is 2.43. The van der Waals surface area contributed by atoms with Crippen molar-refractivity contribution < 1.29 is 9.95 Å². The Labute approximate surface area is 113 Å². The molecule has 6 heteroatoms. The van der Waals surface area contributed by atoms with Gasteiger partial charge in [0.05, 0.1) is 11.4 Å². The standard InChI is InChI=1S/C13H22N4O2/c1-8-10(9(2)15(7)14-8)11-16(18)12(3,4)13(5,6)17(11)19/h18H,1-7H3. The predicted octanol–water partition coefficient (Wildman–Crippen LogP) is 1.56. The van der Waals surface area contributed by atoms with Crippen LogP contribution in [0.3, 0.4) is 0 Å². The van der Waals surface area contributed by atoms with Gasteiger partial charge in [-0.1, -0.05) is 0 Å². The first-order valence-corrected chi connectivity index (χ1v) is 6.37. The first-order valence-electron chi connectivity index (χ1n) is 6.37. The molecule has 0 saturated heterocycles. The zero-order valence-corrected chi connectivity index (χ0v) is 12.6. The van der Waals surface area contributed by atoms with Crippen LogP contribution >= 0.6 is 0 Å². The molecule has 19 heavy (non-hydrogen) atoms. The van der Waals surface area contributed by atoms with E-state index in [0.29, 0.717) is 5.56 Å². The zero-order valence-electron chi connectivity index (χ0n) is 12.6. The van der Waals surface area contributed by atoms with Gasteiger partial charge in [-0.2, -0.15) is 5.10 Å². The van der Waals surface area contributed by atoms with E-state index in [1.807, 2.05) is 48.6 Å². The summed E-state index contributed by atoms with van der Waals surface area (Å²) in [5.74, 6) is 0.276. The Morgan fingerprint density at radius 1 is 1.21 bits per heavy atom. The lowest BCUT2D eigenvalue weighted by atomic mass is 9.84. The summed E-state index contributed by atoms with van der Waals surface area (Å²) in [4.78, 5) is 0. The molecule has 0 fully saturated rings. The average molecular weight is 266 g/mol. The number of hydroxylamine groups is 3. The van der Waals surface area contributed by atoms with Gasteiger partial charge in [-0.25, -0.2) is 5.21 Å². The fraction of sp³-hybridized carbons (Fsp3) is 0.692. The number of aryl methyl sites for hydroxylation is 2. The van der Waals surface area contributed by atoms with E-state index in [1.165, 1.54) is 0 Å². The van der Waals surface area contributed by atoms with Crippen LogP contribution in [0.4, 0.5) is 0 Å². The van der Waals surface area contributed by atoms with Gasteiger partial charge in [0, 0.05) is 7.05 Å². The van der Waals surface area contributed by atoms with Crippen LogP contribution in [-0.2, 0) is 7.05 Å². The van der Waals surface area contributed by atoms with Crippen LogP contribution in [0, 0.1) is 19.1 Å². The lowest BCUT2D eigenvalue weighted by Crippen LogP contribution is -2.53. The number of hydrogen-bond donors (Lipinski definition) is 1. The summed E-state index contributed by atoms with van der Waals surface area (Å²) in [6.45, 7) is 11.1. The third-order valence-electron chi connectivity index (χ3n) is 4.66. The molecule has 1 aliphatic rings. The molecule has 0 aliphatic carbocycles. The molecule has 0 unspecified atom stereocenters. The predicted molar refractivity (Wildman–Crippen MR) is 72.2 cm³/mol. The third-order valence-corrected chi connectivity index (χ3v) is 4.66. The minimum Gasteiger partial charge on any atom is -0.714 e. The van der Waals surface area contributed by atoms with Crippen molar-refractivity contribution in [2.75, 3.05) is 0 Å². The monoisotopic (exact) mass is 266 g/mol. The molecule has 2 heterocycles. The van der Waals surface area contributed by atoms with Crippen LogP contribution in [0.2, 0.25) is 0 Å². The minimum atomic E-state index is -0.730. The van der Waals surface area contributed by atoms with Crippen LogP contribution in [-0.4, -0.2) is 41.7 Å². The maximum atomic E-state index is 12.6. The molecule has 0 amide bonds. The van der Waals surface area contributed by atoms with E-state index in [-0.39, 0.29) is 5.84 Å². The summed E-state index contributed by atoms with van der Waals surface area (Å²) in [5, 5.41) is 28.5. The summed E-state index contributed by atoms with van der Waals surface area (Å²) < 4.78 is 2.61. The fourth-order valence-electron chi connectivity index (χ4n) is 2.43. The molecule has 1 aliphatic heterocycles. The topological polar surface area (TPSA) is 67.4 Å². The van der Waals surface area contributed by atoms with Gasteiger partial charge >= 0.3 is 5.84 Å². The van der Waals surface area contributed by atoms with Crippen molar-refractivity contribution in [2.45, 2.75) is 52.6 Å². The van der Waals surface area contributed by atoms with Crippen molar-refractivity contribution in [2.24, 2.45) is 7.05 Å². The summed E-state index contributed by atoms with van der Waals surface area (Å²) in [6, 6.07) is 0. The van der Waals surface area contributed by atoms with Gasteiger partial charge in [-0.3, -0.25) is 9.42 Å². The molecule has 106 valence electrons. The molecule has 0 radical (unpaired) electrons. The first kappa shape index (κ1) is 13.9. The summed E-state index contributed by atoms with van der Waals surface area (Å²) in [7, 11) is 1.83. The Kier molecular flexibility index (Phi) is 2.72. The second-order valence-electron chi connectivity index (χ2n) is 6.22. The lowest BCUT2D eigenvalue weighted by Gasteiger charge is -2.33. The van der Waals surface area contributed by atoms with Crippen molar-refractivity contribution in [3.8, 4) is 0 Å². The Morgan fingerprint density at radius 2 is 1.74 bits per heavy atom. The normalized spacial score (nSPS) is 21.4. The molecule has 1 aromatic heterocycles. The van der Waals surface area contributed by atoms with E-state index < -0.39 is 11.1 Å². The van der Waals surface area contributed by atoms with Crippen LogP contribution in [0.1, 0.15) is 44.6 Å². The van der Waals surface area contributed by atoms with Gasteiger partial charge in [0.15, 0.2) is 5.54 Å². The van der Waals surface area contributed by atoms with E-state index in [1.54, 1.807) is 4.68 Å². The second-order valence-corrected chi connectivity index (χ2v) is 6.22. The molecule has 0 saturated carbocycles. The molecular formula is C13H22N4O2. The Hall–Kier alpha value is -1.56. The van der Waals surface area contributed by atoms with E-state index in [4.69, 9.17) is 0 Å². The van der Waals surface area contributed by atoms with E-state index in [9.17, 15) is 10.4 Å². The molecular weight excluding hydrogens is 244 g/mol. The molecule has 6 nitrogen and oxygen atoms in total. The van der Waals surface area contributed by atoms with Gasteiger partial charge in [-0.15, -0.1) is 5.06 Å². The smallest absolute Gasteiger partial charge is 0.317 e. The largest absolute Gasteiger partial charge is 0.714 e. The Balaban J connectivity index is 2.72. The highest BCUT2D eigenvalue weighted by molar-refractivity contribution is 5.98. The lowest BCUT2D eigenvalue weighted by molar-refractivity contribution is -0.539. The van der Waals surface area contributed by atoms with Gasteiger partial charge in [0.1, 0.15) is 11.1 Å². The van der Waals surface area contributed by atoms with Crippen LogP contribution in [0.5, 0.6) is 0 Å². The highest BCUT2D eigenvalue weighted by Gasteiger charge is 2.59. The number of rotatable bonds is 1.